The van der Waals surface area contributed by atoms with Gasteiger partial charge in [-0.15, -0.1) is 0 Å². The third-order valence-electron chi connectivity index (χ3n) is 2.02. The van der Waals surface area contributed by atoms with Crippen LogP contribution in [0.4, 0.5) is 0 Å². The van der Waals surface area contributed by atoms with Crippen molar-refractivity contribution in [3.05, 3.63) is 29.3 Å². The highest BCUT2D eigenvalue weighted by Gasteiger charge is 2.14. The first-order chi connectivity index (χ1) is 6.95. The largest absolute Gasteiger partial charge is 0.507 e. The van der Waals surface area contributed by atoms with Gasteiger partial charge >= 0.3 is 0 Å². The van der Waals surface area contributed by atoms with Gasteiger partial charge in [-0.3, -0.25) is 4.79 Å². The van der Waals surface area contributed by atoms with E-state index in [1.54, 1.807) is 12.1 Å². The van der Waals surface area contributed by atoms with Gasteiger partial charge in [0.15, 0.2) is 6.29 Å². The lowest BCUT2D eigenvalue weighted by Crippen LogP contribution is -2.11. The fourth-order valence-corrected chi connectivity index (χ4v) is 1.12. The third-order valence-corrected chi connectivity index (χ3v) is 2.02. The first-order valence-electron chi connectivity index (χ1n) is 5.24. The Morgan fingerprint density at radius 3 is 2.13 bits per heavy atom. The van der Waals surface area contributed by atoms with Crippen LogP contribution in [0.1, 0.15) is 50.5 Å². The van der Waals surface area contributed by atoms with Gasteiger partial charge in [-0.1, -0.05) is 40.7 Å². The van der Waals surface area contributed by atoms with Gasteiger partial charge in [0.1, 0.15) is 5.75 Å². The molecule has 84 valence electrons. The van der Waals surface area contributed by atoms with Crippen LogP contribution in [0.3, 0.4) is 0 Å². The quantitative estimate of drug-likeness (QED) is 0.717. The lowest BCUT2D eigenvalue weighted by atomic mass is 9.86. The van der Waals surface area contributed by atoms with E-state index in [1.807, 2.05) is 19.9 Å². The van der Waals surface area contributed by atoms with Gasteiger partial charge in [-0.25, -0.2) is 0 Å². The van der Waals surface area contributed by atoms with Crippen LogP contribution < -0.4 is 0 Å². The maximum absolute atomic E-state index is 10.5. The van der Waals surface area contributed by atoms with Crippen molar-refractivity contribution in [1.82, 2.24) is 0 Å². The van der Waals surface area contributed by atoms with E-state index in [0.29, 0.717) is 11.8 Å². The molecular weight excluding hydrogens is 188 g/mol. The van der Waals surface area contributed by atoms with Crippen molar-refractivity contribution in [3.63, 3.8) is 0 Å². The van der Waals surface area contributed by atoms with Crippen molar-refractivity contribution >= 4 is 6.29 Å². The molecule has 0 aliphatic rings. The topological polar surface area (TPSA) is 37.3 Å². The highest BCUT2D eigenvalue weighted by Crippen LogP contribution is 2.26. The van der Waals surface area contributed by atoms with Crippen molar-refractivity contribution < 1.29 is 9.90 Å². The lowest BCUT2D eigenvalue weighted by molar-refractivity contribution is 0.112. The van der Waals surface area contributed by atoms with Crippen LogP contribution >= 0.6 is 0 Å². The minimum atomic E-state index is 0.00542. The first-order valence-corrected chi connectivity index (χ1v) is 5.24. The van der Waals surface area contributed by atoms with Crippen LogP contribution in [0.15, 0.2) is 18.2 Å². The number of carbonyl (C=O) groups is 1. The highest BCUT2D eigenvalue weighted by molar-refractivity contribution is 5.79. The summed E-state index contributed by atoms with van der Waals surface area (Å²) >= 11 is 0. The zero-order chi connectivity index (χ0) is 12.1. The summed E-state index contributed by atoms with van der Waals surface area (Å²) in [6.45, 7) is 10.2. The molecular formula is C13H20O2. The summed E-state index contributed by atoms with van der Waals surface area (Å²) in [4.78, 5) is 10.5. The van der Waals surface area contributed by atoms with Crippen molar-refractivity contribution in [2.24, 2.45) is 0 Å². The van der Waals surface area contributed by atoms with Crippen LogP contribution in [-0.2, 0) is 5.41 Å². The van der Waals surface area contributed by atoms with Crippen LogP contribution in [0, 0.1) is 0 Å². The van der Waals surface area contributed by atoms with Gasteiger partial charge in [-0.05, 0) is 23.1 Å². The lowest BCUT2D eigenvalue weighted by Gasteiger charge is -2.19. The van der Waals surface area contributed by atoms with E-state index in [9.17, 15) is 9.90 Å². The zero-order valence-corrected chi connectivity index (χ0v) is 10.2. The van der Waals surface area contributed by atoms with E-state index in [0.717, 1.165) is 5.56 Å². The van der Waals surface area contributed by atoms with Crippen LogP contribution in [0.5, 0.6) is 5.75 Å². The summed E-state index contributed by atoms with van der Waals surface area (Å²) < 4.78 is 0. The molecule has 0 heterocycles. The summed E-state index contributed by atoms with van der Waals surface area (Å²) in [5.41, 5.74) is 1.41. The molecule has 0 bridgehead atoms. The monoisotopic (exact) mass is 208 g/mol. The Hall–Kier alpha value is -1.31. The van der Waals surface area contributed by atoms with Gasteiger partial charge < -0.3 is 5.11 Å². The molecule has 0 aliphatic heterocycles. The molecule has 0 saturated heterocycles. The van der Waals surface area contributed by atoms with Crippen LogP contribution in [0.2, 0.25) is 0 Å². The highest BCUT2D eigenvalue weighted by atomic mass is 16.3. The summed E-state index contributed by atoms with van der Waals surface area (Å²) in [5, 5.41) is 9.27. The summed E-state index contributed by atoms with van der Waals surface area (Å²) in [5.74, 6) is 0.0444. The van der Waals surface area contributed by atoms with Gasteiger partial charge in [0.2, 0.25) is 0 Å². The Bertz CT molecular complexity index is 322. The molecule has 1 N–H and O–H groups in total. The van der Waals surface area contributed by atoms with Gasteiger partial charge in [0, 0.05) is 0 Å². The Kier molecular flexibility index (Phi) is 5.06. The van der Waals surface area contributed by atoms with E-state index >= 15 is 0 Å². The van der Waals surface area contributed by atoms with Gasteiger partial charge in [0.25, 0.3) is 0 Å². The van der Waals surface area contributed by atoms with Gasteiger partial charge in [-0.2, -0.15) is 0 Å². The van der Waals surface area contributed by atoms with Crippen LogP contribution in [0.25, 0.3) is 0 Å². The molecule has 0 aromatic heterocycles. The molecule has 1 aromatic carbocycles. The number of phenols is 1. The molecule has 0 amide bonds. The van der Waals surface area contributed by atoms with Crippen molar-refractivity contribution in [2.45, 2.75) is 40.0 Å². The van der Waals surface area contributed by atoms with Crippen molar-refractivity contribution in [1.29, 1.82) is 0 Å². The van der Waals surface area contributed by atoms with Crippen LogP contribution in [-0.4, -0.2) is 11.4 Å². The average molecular weight is 208 g/mol. The molecule has 0 atom stereocenters. The standard InChI is InChI=1S/C11H14O2.C2H6/c1-11(2,3)9-4-5-10(13)8(6-9)7-12;1-2/h4-7,13H,1-3H3;1-2H3. The minimum absolute atomic E-state index is 0.00542. The molecule has 0 spiro atoms. The predicted molar refractivity (Wildman–Crippen MR) is 63.5 cm³/mol. The molecule has 15 heavy (non-hydrogen) atoms. The SMILES string of the molecule is CC.CC(C)(C)c1ccc(O)c(C=O)c1. The number of hydrogen-bond acceptors (Lipinski definition) is 2. The number of hydrogen-bond donors (Lipinski definition) is 1. The molecule has 0 aliphatic carbocycles. The minimum Gasteiger partial charge on any atom is -0.507 e. The van der Waals surface area contributed by atoms with E-state index in [1.165, 1.54) is 0 Å². The van der Waals surface area contributed by atoms with Crippen molar-refractivity contribution in [3.8, 4) is 5.75 Å². The second-order valence-corrected chi connectivity index (χ2v) is 4.14. The van der Waals surface area contributed by atoms with Gasteiger partial charge in [0.05, 0.1) is 5.56 Å². The number of phenolic OH excluding ortho intramolecular Hbond substituents is 1. The maximum Gasteiger partial charge on any atom is 0.153 e. The van der Waals surface area contributed by atoms with E-state index in [2.05, 4.69) is 20.8 Å². The molecule has 1 rings (SSSR count). The smallest absolute Gasteiger partial charge is 0.153 e. The second kappa shape index (κ2) is 5.54. The Labute approximate surface area is 91.9 Å². The first kappa shape index (κ1) is 13.7. The number of aromatic hydroxyl groups is 1. The summed E-state index contributed by atoms with van der Waals surface area (Å²) in [7, 11) is 0. The molecule has 0 fully saturated rings. The summed E-state index contributed by atoms with van der Waals surface area (Å²) in [6, 6.07) is 5.12. The molecule has 2 nitrogen and oxygen atoms in total. The fourth-order valence-electron chi connectivity index (χ4n) is 1.12. The van der Waals surface area contributed by atoms with Crippen molar-refractivity contribution in [2.75, 3.05) is 0 Å². The number of carbonyl (C=O) groups excluding carboxylic acids is 1. The third kappa shape index (κ3) is 3.74. The normalized spacial score (nSPS) is 10.2. The van der Waals surface area contributed by atoms with E-state index < -0.39 is 0 Å². The number of rotatable bonds is 1. The van der Waals surface area contributed by atoms with E-state index in [4.69, 9.17) is 0 Å². The predicted octanol–water partition coefficient (Wildman–Crippen LogP) is 3.53. The zero-order valence-electron chi connectivity index (χ0n) is 10.2. The molecule has 1 aromatic rings. The Morgan fingerprint density at radius 1 is 1.20 bits per heavy atom. The molecule has 0 unspecified atom stereocenters. The number of aldehydes is 1. The Balaban J connectivity index is 0.000000921. The Morgan fingerprint density at radius 2 is 1.73 bits per heavy atom. The molecule has 2 heteroatoms. The second-order valence-electron chi connectivity index (χ2n) is 4.14. The fraction of sp³-hybridized carbons (Fsp3) is 0.462. The summed E-state index contributed by atoms with van der Waals surface area (Å²) in [6.07, 6.45) is 0.671. The molecule has 0 radical (unpaired) electrons. The molecule has 0 saturated carbocycles. The average Bonchev–Trinajstić information content (AvgIpc) is 2.20. The van der Waals surface area contributed by atoms with E-state index in [-0.39, 0.29) is 11.2 Å². The number of benzene rings is 1. The maximum atomic E-state index is 10.5.